The van der Waals surface area contributed by atoms with Crippen LogP contribution in [0.4, 0.5) is 0 Å². The van der Waals surface area contributed by atoms with Gasteiger partial charge in [-0.25, -0.2) is 0 Å². The first-order valence-electron chi connectivity index (χ1n) is 8.12. The van der Waals surface area contributed by atoms with E-state index in [1.54, 1.807) is 0 Å². The van der Waals surface area contributed by atoms with Crippen molar-refractivity contribution in [3.05, 3.63) is 41.7 Å². The molecule has 0 aromatic heterocycles. The molecule has 0 bridgehead atoms. The second kappa shape index (κ2) is 11.9. The van der Waals surface area contributed by atoms with E-state index < -0.39 is 16.1 Å². The fourth-order valence-corrected chi connectivity index (χ4v) is 6.98. The maximum Gasteiger partial charge on any atom is 0 e. The van der Waals surface area contributed by atoms with Crippen molar-refractivity contribution < 1.29 is 40.6 Å². The van der Waals surface area contributed by atoms with Crippen molar-refractivity contribution in [2.45, 2.75) is 59.6 Å². The zero-order valence-electron chi connectivity index (χ0n) is 17.3. The standard InChI is InChI=1S/C16H28O2Si2.3CO.Fe/c1-16(2)9-11-13(18-10-16)15(20(6,7)8)12(17)14(11)19(3,4)5;3*1-2;/h9-10H2,1-8H3;;;;. The summed E-state index contributed by atoms with van der Waals surface area (Å²) in [5.74, 6) is 1.30. The van der Waals surface area contributed by atoms with Crippen LogP contribution in [0.25, 0.3) is 0 Å². The summed E-state index contributed by atoms with van der Waals surface area (Å²) in [6.45, 7) is 32.3. The van der Waals surface area contributed by atoms with Gasteiger partial charge in [0.2, 0.25) is 0 Å². The molecular weight excluding hydrogens is 420 g/mol. The third-order valence-corrected chi connectivity index (χ3v) is 8.00. The molecule has 2 aliphatic rings. The Bertz CT molecular complexity index is 642. The smallest absolute Gasteiger partial charge is 0 e. The van der Waals surface area contributed by atoms with Crippen molar-refractivity contribution in [1.82, 2.24) is 0 Å². The summed E-state index contributed by atoms with van der Waals surface area (Å²) in [4.78, 5) is 13.0. The van der Waals surface area contributed by atoms with Crippen LogP contribution < -0.4 is 0 Å². The fourth-order valence-electron chi connectivity index (χ4n) is 3.23. The summed E-state index contributed by atoms with van der Waals surface area (Å²) in [6.07, 6.45) is 0.988. The van der Waals surface area contributed by atoms with Crippen LogP contribution in [0.2, 0.25) is 39.3 Å². The van der Waals surface area contributed by atoms with Crippen molar-refractivity contribution in [2.75, 3.05) is 6.61 Å². The number of ether oxygens (including phenoxy) is 1. The van der Waals surface area contributed by atoms with Gasteiger partial charge < -0.3 is 4.74 Å². The first kappa shape index (κ1) is 30.8. The summed E-state index contributed by atoms with van der Waals surface area (Å²) in [6, 6.07) is 0. The molecule has 0 atom stereocenters. The van der Waals surface area contributed by atoms with Gasteiger partial charge in [-0.2, -0.15) is 0 Å². The van der Waals surface area contributed by atoms with Gasteiger partial charge in [-0.3, -0.25) is 4.79 Å². The molecule has 1 aliphatic heterocycles. The molecule has 1 saturated heterocycles. The maximum absolute atomic E-state index is 13.0. The van der Waals surface area contributed by atoms with Crippen LogP contribution in [0.15, 0.2) is 21.7 Å². The van der Waals surface area contributed by atoms with Crippen molar-refractivity contribution in [3.63, 3.8) is 0 Å². The summed E-state index contributed by atoms with van der Waals surface area (Å²) in [5, 5.41) is 2.18. The molecule has 2 rings (SSSR count). The van der Waals surface area contributed by atoms with Gasteiger partial charge in [0.25, 0.3) is 0 Å². The van der Waals surface area contributed by atoms with E-state index in [-0.39, 0.29) is 22.5 Å². The predicted octanol–water partition coefficient (Wildman–Crippen LogP) is 4.21. The zero-order valence-corrected chi connectivity index (χ0v) is 20.4. The number of hydrogen-bond donors (Lipinski definition) is 0. The Balaban J connectivity index is -0.000000749. The molecule has 0 aromatic rings. The van der Waals surface area contributed by atoms with Gasteiger partial charge >= 0.3 is 33.9 Å². The number of ketones is 1. The third kappa shape index (κ3) is 7.57. The quantitative estimate of drug-likeness (QED) is 0.360. The van der Waals surface area contributed by atoms with Crippen LogP contribution in [-0.4, -0.2) is 28.5 Å². The predicted molar refractivity (Wildman–Crippen MR) is 102 cm³/mol. The third-order valence-electron chi connectivity index (χ3n) is 4.02. The molecule has 1 fully saturated rings. The SMILES string of the molecule is CC1(C)COC2=C([Si](C)(C)C)C(=O)C([Si](C)(C)C)=C2C1.[C-]#[O+].[C-]#[O+].[C-]#[O+].[Fe]. The number of fused-ring (bicyclic) bond motifs is 1. The van der Waals surface area contributed by atoms with E-state index in [1.807, 2.05) is 0 Å². The van der Waals surface area contributed by atoms with Crippen LogP contribution in [0.5, 0.6) is 0 Å². The number of rotatable bonds is 2. The Morgan fingerprint density at radius 1 is 0.852 bits per heavy atom. The molecule has 1 aliphatic carbocycles. The Morgan fingerprint density at radius 3 is 1.56 bits per heavy atom. The first-order valence-corrected chi connectivity index (χ1v) is 15.1. The van der Waals surface area contributed by atoms with E-state index in [9.17, 15) is 4.79 Å². The number of Topliss-reactive ketones (excluding diaryl/α,β-unsaturated/α-hetero) is 1. The largest absolute Gasteiger partial charge is 0 e. The minimum atomic E-state index is -1.68. The van der Waals surface area contributed by atoms with Crippen LogP contribution >= 0.6 is 0 Å². The van der Waals surface area contributed by atoms with Crippen molar-refractivity contribution in [2.24, 2.45) is 5.41 Å². The second-order valence-corrected chi connectivity index (χ2v) is 19.0. The van der Waals surface area contributed by atoms with E-state index in [2.05, 4.69) is 73.1 Å². The normalized spacial score (nSPS) is 17.3. The molecule has 5 nitrogen and oxygen atoms in total. The van der Waals surface area contributed by atoms with Crippen LogP contribution in [0.3, 0.4) is 0 Å². The minimum Gasteiger partial charge on any atom is 0 e. The van der Waals surface area contributed by atoms with Gasteiger partial charge in [0.15, 0.2) is 5.78 Å². The number of hydrogen-bond acceptors (Lipinski definition) is 2. The van der Waals surface area contributed by atoms with Gasteiger partial charge in [0, 0.05) is 27.7 Å². The molecule has 8 heteroatoms. The molecular formula is C19H28FeO5Si2. The Hall–Kier alpha value is -0.877. The fraction of sp³-hybridized carbons (Fsp3) is 0.579. The molecule has 0 N–H and O–H groups in total. The Labute approximate surface area is 175 Å². The molecule has 0 spiro atoms. The summed E-state index contributed by atoms with van der Waals surface area (Å²) < 4.78 is 28.6. The van der Waals surface area contributed by atoms with Crippen LogP contribution in [0.1, 0.15) is 20.3 Å². The van der Waals surface area contributed by atoms with E-state index >= 15 is 0 Å². The molecule has 150 valence electrons. The van der Waals surface area contributed by atoms with E-state index in [1.165, 1.54) is 5.57 Å². The van der Waals surface area contributed by atoms with Crippen LogP contribution in [0, 0.1) is 25.4 Å². The van der Waals surface area contributed by atoms with Gasteiger partial charge in [0.1, 0.15) is 5.76 Å². The van der Waals surface area contributed by atoms with E-state index in [0.29, 0.717) is 5.78 Å². The average Bonchev–Trinajstić information content (AvgIpc) is 2.83. The molecule has 0 unspecified atom stereocenters. The van der Waals surface area contributed by atoms with E-state index in [4.69, 9.17) is 18.7 Å². The minimum absolute atomic E-state index is 0. The van der Waals surface area contributed by atoms with Crippen molar-refractivity contribution >= 4 is 21.9 Å². The second-order valence-electron chi connectivity index (χ2n) is 9.02. The molecule has 0 amide bonds. The van der Waals surface area contributed by atoms with Crippen molar-refractivity contribution in [3.8, 4) is 0 Å². The summed E-state index contributed by atoms with van der Waals surface area (Å²) in [5.41, 5.74) is 1.39. The molecule has 27 heavy (non-hydrogen) atoms. The summed E-state index contributed by atoms with van der Waals surface area (Å²) >= 11 is 0. The monoisotopic (exact) mass is 448 g/mol. The first-order chi connectivity index (χ1) is 11.8. The van der Waals surface area contributed by atoms with Gasteiger partial charge in [-0.05, 0) is 17.2 Å². The zero-order chi connectivity index (χ0) is 21.5. The topological polar surface area (TPSA) is 86.0 Å². The molecule has 0 aromatic carbocycles. The Kier molecular flexibility index (Phi) is 13.5. The number of carbonyl (C=O) groups is 1. The van der Waals surface area contributed by atoms with Gasteiger partial charge in [-0.1, -0.05) is 53.1 Å². The van der Waals surface area contributed by atoms with Crippen LogP contribution in [-0.2, 0) is 40.6 Å². The van der Waals surface area contributed by atoms with Crippen molar-refractivity contribution in [1.29, 1.82) is 0 Å². The molecule has 0 radical (unpaired) electrons. The molecule has 1 heterocycles. The van der Waals surface area contributed by atoms with Gasteiger partial charge in [0.05, 0.1) is 22.8 Å². The number of carbonyl (C=O) groups excluding carboxylic acids is 1. The maximum atomic E-state index is 13.0. The van der Waals surface area contributed by atoms with Gasteiger partial charge in [-0.15, -0.1) is 0 Å². The average molecular weight is 448 g/mol. The summed E-state index contributed by atoms with van der Waals surface area (Å²) in [7, 11) is -3.32. The number of allylic oxidation sites excluding steroid dienone is 3. The van der Waals surface area contributed by atoms with E-state index in [0.717, 1.165) is 29.2 Å². The molecule has 0 saturated carbocycles. The Morgan fingerprint density at radius 2 is 1.22 bits per heavy atom.